The number of nitrogens with one attached hydrogen (secondary N) is 2. The highest BCUT2D eigenvalue weighted by molar-refractivity contribution is 7.90. The summed E-state index contributed by atoms with van der Waals surface area (Å²) in [6, 6.07) is 10.1. The Kier molecular flexibility index (Phi) is 9.61. The van der Waals surface area contributed by atoms with Gasteiger partial charge in [0.05, 0.1) is 21.6 Å². The predicted octanol–water partition coefficient (Wildman–Crippen LogP) is 3.92. The van der Waals surface area contributed by atoms with Crippen LogP contribution in [-0.4, -0.2) is 66.8 Å². The summed E-state index contributed by atoms with van der Waals surface area (Å²) in [7, 11) is -9.38. The van der Waals surface area contributed by atoms with Crippen LogP contribution in [0.1, 0.15) is 20.7 Å². The number of urea groups is 1. The first-order valence-electron chi connectivity index (χ1n) is 15.3. The maximum Gasteiger partial charge on any atom is 0.323 e. The SMILES string of the molecule is O=C(Nc1ccc(C(=O)N=C2C=C(S(=O)(=O)O)C3C=CC=CC3C2=O)cc1)Nc1ccc(C(=O)N=C2C=C(S(=O)(=O)O)C3C=CC=CC3C2=O)cc1. The smallest absolute Gasteiger partial charge is 0.308 e. The normalized spacial score (nSPS) is 23.8. The number of aliphatic imine (C=N–C) groups is 2. The Balaban J connectivity index is 1.09. The highest BCUT2D eigenvalue weighted by atomic mass is 32.2. The first-order valence-corrected chi connectivity index (χ1v) is 18.2. The van der Waals surface area contributed by atoms with Crippen LogP contribution in [0, 0.1) is 23.7 Å². The van der Waals surface area contributed by atoms with Gasteiger partial charge in [-0.1, -0.05) is 48.6 Å². The third-order valence-corrected chi connectivity index (χ3v) is 10.4. The average molecular weight is 743 g/mol. The fraction of sp³-hybridized carbons (Fsp3) is 0.114. The lowest BCUT2D eigenvalue weighted by Gasteiger charge is -2.27. The first kappa shape index (κ1) is 35.8. The average Bonchev–Trinajstić information content (AvgIpc) is 3.10. The number of allylic oxidation sites excluding steroid dienone is 12. The molecule has 4 aliphatic rings. The maximum absolute atomic E-state index is 12.9. The maximum atomic E-state index is 12.9. The Bertz CT molecular complexity index is 2230. The molecule has 4 aliphatic carbocycles. The molecule has 2 aromatic carbocycles. The van der Waals surface area contributed by atoms with E-state index in [0.717, 1.165) is 12.2 Å². The van der Waals surface area contributed by atoms with Crippen LogP contribution in [0.25, 0.3) is 0 Å². The van der Waals surface area contributed by atoms with Gasteiger partial charge in [-0.2, -0.15) is 16.8 Å². The van der Waals surface area contributed by atoms with Gasteiger partial charge in [0.25, 0.3) is 32.1 Å². The molecule has 4 unspecified atom stereocenters. The van der Waals surface area contributed by atoms with Gasteiger partial charge in [-0.3, -0.25) is 28.3 Å². The fourth-order valence-corrected chi connectivity index (χ4v) is 7.57. The molecule has 0 fully saturated rings. The van der Waals surface area contributed by atoms with E-state index in [1.165, 1.54) is 72.8 Å². The molecule has 0 spiro atoms. The molecule has 0 saturated heterocycles. The van der Waals surface area contributed by atoms with Gasteiger partial charge in [0.1, 0.15) is 11.4 Å². The molecule has 0 bridgehead atoms. The number of nitrogens with zero attached hydrogens (tertiary/aromatic N) is 2. The second kappa shape index (κ2) is 14.0. The van der Waals surface area contributed by atoms with E-state index in [1.54, 1.807) is 24.3 Å². The van der Waals surface area contributed by atoms with Crippen molar-refractivity contribution in [3.8, 4) is 0 Å². The second-order valence-corrected chi connectivity index (χ2v) is 14.6. The van der Waals surface area contributed by atoms with E-state index < -0.39 is 94.6 Å². The Labute approximate surface area is 296 Å². The van der Waals surface area contributed by atoms with Crippen molar-refractivity contribution in [1.29, 1.82) is 0 Å². The van der Waals surface area contributed by atoms with Crippen molar-refractivity contribution in [3.05, 3.63) is 130 Å². The standard InChI is InChI=1S/C35H26N4O11S2/c40-31-25-7-3-1-5-23(25)29(51(45,46)47)17-27(31)38-33(42)19-9-13-21(14-10-19)36-35(44)37-22-15-11-20(12-16-22)34(43)39-28-18-30(52(48,49)50)24-6-2-4-8-26(24)32(28)41/h1-18,23-26H,(H2,36,37,44)(H,45,46,47)(H,48,49,50). The summed E-state index contributed by atoms with van der Waals surface area (Å²) >= 11 is 0. The third kappa shape index (κ3) is 7.52. The molecule has 0 saturated carbocycles. The topological polar surface area (TPSA) is 243 Å². The molecule has 15 nitrogen and oxygen atoms in total. The first-order chi connectivity index (χ1) is 24.6. The zero-order chi connectivity index (χ0) is 37.4. The van der Waals surface area contributed by atoms with Crippen LogP contribution in [0.5, 0.6) is 0 Å². The number of rotatable bonds is 6. The van der Waals surface area contributed by atoms with Crippen molar-refractivity contribution in [2.24, 2.45) is 33.7 Å². The van der Waals surface area contributed by atoms with Crippen LogP contribution >= 0.6 is 0 Å². The molecule has 4 amide bonds. The monoisotopic (exact) mass is 742 g/mol. The minimum Gasteiger partial charge on any atom is -0.308 e. The zero-order valence-corrected chi connectivity index (χ0v) is 28.1. The number of carbonyl (C=O) groups is 5. The number of Topliss-reactive ketones (excluding diaryl/α,β-unsaturated/α-hetero) is 2. The summed E-state index contributed by atoms with van der Waals surface area (Å²) < 4.78 is 67.2. The lowest BCUT2D eigenvalue weighted by Crippen LogP contribution is -2.36. The van der Waals surface area contributed by atoms with Gasteiger partial charge in [-0.25, -0.2) is 14.8 Å². The molecule has 17 heteroatoms. The summed E-state index contributed by atoms with van der Waals surface area (Å²) in [5, 5.41) is 5.10. The Morgan fingerprint density at radius 1 is 0.538 bits per heavy atom. The lowest BCUT2D eigenvalue weighted by molar-refractivity contribution is -0.116. The quantitative estimate of drug-likeness (QED) is 0.309. The third-order valence-electron chi connectivity index (χ3n) is 8.41. The number of fused-ring (bicyclic) bond motifs is 2. The molecule has 4 N–H and O–H groups in total. The summed E-state index contributed by atoms with van der Waals surface area (Å²) in [5.74, 6) is -6.67. The number of hydrogen-bond acceptors (Lipinski definition) is 9. The highest BCUT2D eigenvalue weighted by Crippen LogP contribution is 2.36. The Morgan fingerprint density at radius 3 is 1.19 bits per heavy atom. The zero-order valence-electron chi connectivity index (χ0n) is 26.5. The fourth-order valence-electron chi connectivity index (χ4n) is 5.91. The van der Waals surface area contributed by atoms with Crippen LogP contribution in [0.3, 0.4) is 0 Å². The molecule has 4 atom stereocenters. The Hall–Kier alpha value is -6.01. The highest BCUT2D eigenvalue weighted by Gasteiger charge is 2.41. The Morgan fingerprint density at radius 2 is 0.865 bits per heavy atom. The molecule has 2 aromatic rings. The molecule has 6 rings (SSSR count). The number of carbonyl (C=O) groups excluding carboxylic acids is 5. The van der Waals surface area contributed by atoms with E-state index in [9.17, 15) is 49.9 Å². The molecular formula is C35H26N4O11S2. The van der Waals surface area contributed by atoms with Gasteiger partial charge in [-0.15, -0.1) is 0 Å². The molecular weight excluding hydrogens is 717 g/mol. The number of hydrogen-bond donors (Lipinski definition) is 4. The van der Waals surface area contributed by atoms with Crippen LogP contribution in [0.15, 0.2) is 129 Å². The van der Waals surface area contributed by atoms with E-state index in [1.807, 2.05) is 0 Å². The minimum atomic E-state index is -4.69. The van der Waals surface area contributed by atoms with Gasteiger partial charge >= 0.3 is 6.03 Å². The summed E-state index contributed by atoms with van der Waals surface area (Å²) in [4.78, 5) is 70.9. The van der Waals surface area contributed by atoms with E-state index in [2.05, 4.69) is 20.6 Å². The number of ketones is 2. The summed E-state index contributed by atoms with van der Waals surface area (Å²) in [5.41, 5.74) is -0.311. The molecule has 52 heavy (non-hydrogen) atoms. The molecule has 0 heterocycles. The number of benzene rings is 2. The predicted molar refractivity (Wildman–Crippen MR) is 189 cm³/mol. The van der Waals surface area contributed by atoms with Crippen molar-refractivity contribution >= 4 is 72.4 Å². The van der Waals surface area contributed by atoms with E-state index in [4.69, 9.17) is 0 Å². The summed E-state index contributed by atoms with van der Waals surface area (Å²) in [6.45, 7) is 0. The van der Waals surface area contributed by atoms with E-state index >= 15 is 0 Å². The molecule has 264 valence electrons. The summed E-state index contributed by atoms with van der Waals surface area (Å²) in [6.07, 6.45) is 13.8. The van der Waals surface area contributed by atoms with Crippen molar-refractivity contribution in [2.75, 3.05) is 10.6 Å². The van der Waals surface area contributed by atoms with Crippen molar-refractivity contribution in [2.45, 2.75) is 0 Å². The van der Waals surface area contributed by atoms with E-state index in [0.29, 0.717) is 0 Å². The van der Waals surface area contributed by atoms with Gasteiger partial charge in [0.2, 0.25) is 0 Å². The van der Waals surface area contributed by atoms with Gasteiger partial charge < -0.3 is 10.6 Å². The molecule has 0 aliphatic heterocycles. The van der Waals surface area contributed by atoms with Crippen LogP contribution in [0.2, 0.25) is 0 Å². The lowest BCUT2D eigenvalue weighted by atomic mass is 9.79. The minimum absolute atomic E-state index is 0.0181. The number of anilines is 2. The molecule has 0 aromatic heterocycles. The van der Waals surface area contributed by atoms with Crippen molar-refractivity contribution in [1.82, 2.24) is 0 Å². The van der Waals surface area contributed by atoms with Crippen molar-refractivity contribution in [3.63, 3.8) is 0 Å². The van der Waals surface area contributed by atoms with Gasteiger partial charge in [0.15, 0.2) is 11.6 Å². The largest absolute Gasteiger partial charge is 0.323 e. The van der Waals surface area contributed by atoms with Gasteiger partial charge in [-0.05, 0) is 60.7 Å². The van der Waals surface area contributed by atoms with Crippen LogP contribution in [0.4, 0.5) is 16.2 Å². The number of amides is 4. The molecule has 0 radical (unpaired) electrons. The van der Waals surface area contributed by atoms with Crippen LogP contribution < -0.4 is 10.6 Å². The van der Waals surface area contributed by atoms with Crippen molar-refractivity contribution < 1.29 is 49.9 Å². The van der Waals surface area contributed by atoms with Gasteiger partial charge in [0, 0.05) is 34.3 Å². The van der Waals surface area contributed by atoms with Crippen LogP contribution in [-0.2, 0) is 29.8 Å². The second-order valence-electron chi connectivity index (χ2n) is 11.8. The van der Waals surface area contributed by atoms with E-state index in [-0.39, 0.29) is 22.5 Å².